The maximum Gasteiger partial charge on any atom is 0.289 e. The van der Waals surface area contributed by atoms with Gasteiger partial charge in [-0.3, -0.25) is 14.6 Å². The van der Waals surface area contributed by atoms with Crippen molar-refractivity contribution in [2.24, 2.45) is 0 Å². The third-order valence-electron chi connectivity index (χ3n) is 5.45. The largest absolute Gasteiger partial charge is 0.456 e. The van der Waals surface area contributed by atoms with Gasteiger partial charge < -0.3 is 14.6 Å². The Morgan fingerprint density at radius 1 is 1.24 bits per heavy atom. The lowest BCUT2D eigenvalue weighted by Gasteiger charge is -2.42. The molecule has 0 unspecified atom stereocenters. The quantitative estimate of drug-likeness (QED) is 0.911. The highest BCUT2D eigenvalue weighted by atomic mass is 16.3. The second-order valence-corrected chi connectivity index (χ2v) is 6.94. The fourth-order valence-electron chi connectivity index (χ4n) is 4.12. The van der Waals surface area contributed by atoms with Crippen molar-refractivity contribution in [3.63, 3.8) is 0 Å². The summed E-state index contributed by atoms with van der Waals surface area (Å²) in [4.78, 5) is 30.6. The van der Waals surface area contributed by atoms with E-state index in [1.54, 1.807) is 24.5 Å². The van der Waals surface area contributed by atoms with E-state index in [9.17, 15) is 9.59 Å². The maximum atomic E-state index is 12.6. The summed E-state index contributed by atoms with van der Waals surface area (Å²) in [6, 6.07) is 7.49. The van der Waals surface area contributed by atoms with Crippen LogP contribution in [0, 0.1) is 6.92 Å². The highest BCUT2D eigenvalue weighted by Gasteiger charge is 2.49. The van der Waals surface area contributed by atoms with E-state index in [1.165, 1.54) is 0 Å². The molecule has 4 heterocycles. The summed E-state index contributed by atoms with van der Waals surface area (Å²) in [5.74, 6) is 1.26. The van der Waals surface area contributed by atoms with Crippen molar-refractivity contribution in [2.75, 3.05) is 13.1 Å². The summed E-state index contributed by atoms with van der Waals surface area (Å²) < 4.78 is 5.46. The van der Waals surface area contributed by atoms with Gasteiger partial charge in [0.2, 0.25) is 5.91 Å². The van der Waals surface area contributed by atoms with E-state index in [4.69, 9.17) is 4.42 Å². The summed E-state index contributed by atoms with van der Waals surface area (Å²) >= 11 is 0. The summed E-state index contributed by atoms with van der Waals surface area (Å²) in [5, 5.41) is 3.20. The van der Waals surface area contributed by atoms with Crippen molar-refractivity contribution in [1.82, 2.24) is 15.2 Å². The minimum Gasteiger partial charge on any atom is -0.456 e. The molecule has 0 bridgehead atoms. The number of amides is 2. The number of piperidine rings is 1. The molecule has 2 saturated heterocycles. The summed E-state index contributed by atoms with van der Waals surface area (Å²) in [6.45, 7) is 3.05. The van der Waals surface area contributed by atoms with Crippen molar-refractivity contribution < 1.29 is 14.0 Å². The molecule has 2 aliphatic rings. The fourth-order valence-corrected chi connectivity index (χ4v) is 4.12. The van der Waals surface area contributed by atoms with Crippen LogP contribution in [0.3, 0.4) is 0 Å². The number of rotatable bonds is 2. The zero-order valence-electron chi connectivity index (χ0n) is 14.2. The van der Waals surface area contributed by atoms with Crippen molar-refractivity contribution in [3.05, 3.63) is 53.7 Å². The van der Waals surface area contributed by atoms with Gasteiger partial charge in [-0.25, -0.2) is 0 Å². The normalized spacial score (nSPS) is 22.2. The Morgan fingerprint density at radius 3 is 2.60 bits per heavy atom. The first-order valence-corrected chi connectivity index (χ1v) is 8.64. The number of hydrogen-bond acceptors (Lipinski definition) is 4. The molecule has 6 nitrogen and oxygen atoms in total. The van der Waals surface area contributed by atoms with Crippen LogP contribution in [-0.2, 0) is 4.79 Å². The van der Waals surface area contributed by atoms with Crippen LogP contribution in [0.5, 0.6) is 0 Å². The van der Waals surface area contributed by atoms with Gasteiger partial charge in [0.15, 0.2) is 5.76 Å². The number of nitrogens with one attached hydrogen (secondary N) is 1. The average Bonchev–Trinajstić information content (AvgIpc) is 3.19. The number of nitrogens with zero attached hydrogens (tertiary/aromatic N) is 2. The second kappa shape index (κ2) is 6.02. The number of carbonyl (C=O) groups excluding carboxylic acids is 2. The van der Waals surface area contributed by atoms with Crippen LogP contribution < -0.4 is 5.32 Å². The lowest BCUT2D eigenvalue weighted by atomic mass is 9.74. The van der Waals surface area contributed by atoms with Crippen LogP contribution >= 0.6 is 0 Å². The lowest BCUT2D eigenvalue weighted by molar-refractivity contribution is -0.120. The van der Waals surface area contributed by atoms with Crippen LogP contribution in [-0.4, -0.2) is 40.3 Å². The van der Waals surface area contributed by atoms with Gasteiger partial charge >= 0.3 is 0 Å². The molecule has 2 amide bonds. The van der Waals surface area contributed by atoms with Crippen molar-refractivity contribution in [1.29, 1.82) is 0 Å². The molecule has 2 aromatic rings. The lowest BCUT2D eigenvalue weighted by Crippen LogP contribution is -2.54. The van der Waals surface area contributed by atoms with E-state index in [1.807, 2.05) is 24.0 Å². The first-order valence-electron chi connectivity index (χ1n) is 8.64. The summed E-state index contributed by atoms with van der Waals surface area (Å²) in [6.07, 6.45) is 5.52. The minimum absolute atomic E-state index is 0.0762. The van der Waals surface area contributed by atoms with E-state index in [0.29, 0.717) is 25.3 Å². The number of aromatic nitrogens is 1. The van der Waals surface area contributed by atoms with E-state index >= 15 is 0 Å². The third kappa shape index (κ3) is 2.81. The molecule has 0 radical (unpaired) electrons. The van der Waals surface area contributed by atoms with Crippen LogP contribution in [0.25, 0.3) is 0 Å². The van der Waals surface area contributed by atoms with E-state index < -0.39 is 0 Å². The molecule has 2 fully saturated rings. The Bertz CT molecular complexity index is 791. The first-order chi connectivity index (χ1) is 12.1. The highest BCUT2D eigenvalue weighted by molar-refractivity contribution is 5.91. The third-order valence-corrected chi connectivity index (χ3v) is 5.45. The van der Waals surface area contributed by atoms with E-state index in [0.717, 1.165) is 24.2 Å². The number of furan rings is 1. The van der Waals surface area contributed by atoms with Gasteiger partial charge in [-0.05, 0) is 49.6 Å². The number of carbonyl (C=O) groups is 2. The molecule has 1 N–H and O–H groups in total. The first kappa shape index (κ1) is 15.9. The molecule has 2 aromatic heterocycles. The molecule has 6 heteroatoms. The Labute approximate surface area is 146 Å². The van der Waals surface area contributed by atoms with Gasteiger partial charge in [-0.15, -0.1) is 0 Å². The fraction of sp³-hybridized carbons (Fsp3) is 0.421. The molecule has 4 rings (SSSR count). The number of pyridine rings is 1. The second-order valence-electron chi connectivity index (χ2n) is 6.94. The molecule has 2 aliphatic heterocycles. The molecule has 1 atom stereocenters. The minimum atomic E-state index is -0.270. The van der Waals surface area contributed by atoms with Crippen LogP contribution in [0.4, 0.5) is 0 Å². The molecule has 0 aliphatic carbocycles. The van der Waals surface area contributed by atoms with Gasteiger partial charge in [-0.1, -0.05) is 0 Å². The number of hydrogen-bond donors (Lipinski definition) is 1. The van der Waals surface area contributed by atoms with Gasteiger partial charge in [-0.2, -0.15) is 0 Å². The average molecular weight is 339 g/mol. The van der Waals surface area contributed by atoms with Crippen LogP contribution in [0.2, 0.25) is 0 Å². The highest BCUT2D eigenvalue weighted by Crippen LogP contribution is 2.43. The summed E-state index contributed by atoms with van der Waals surface area (Å²) in [7, 11) is 0. The topological polar surface area (TPSA) is 75.4 Å². The monoisotopic (exact) mass is 339 g/mol. The Hall–Kier alpha value is -2.63. The Morgan fingerprint density at radius 2 is 1.96 bits per heavy atom. The molecule has 1 spiro atoms. The van der Waals surface area contributed by atoms with Crippen LogP contribution in [0.15, 0.2) is 41.1 Å². The van der Waals surface area contributed by atoms with Gasteiger partial charge in [0, 0.05) is 37.8 Å². The van der Waals surface area contributed by atoms with Crippen LogP contribution in [0.1, 0.15) is 47.1 Å². The smallest absolute Gasteiger partial charge is 0.289 e. The predicted octanol–water partition coefficient (Wildman–Crippen LogP) is 2.26. The van der Waals surface area contributed by atoms with Gasteiger partial charge in [0.05, 0.1) is 5.54 Å². The zero-order chi connectivity index (χ0) is 17.4. The molecule has 0 saturated carbocycles. The SMILES string of the molecule is Cc1ccc(C(=O)N2CCC3(CC2)NC(=O)C[C@@H]3c2ccncc2)o1. The molecule has 130 valence electrons. The Kier molecular flexibility index (Phi) is 3.82. The van der Waals surface area contributed by atoms with Crippen molar-refractivity contribution in [3.8, 4) is 0 Å². The number of aryl methyl sites for hydroxylation is 1. The summed E-state index contributed by atoms with van der Waals surface area (Å²) in [5.41, 5.74) is 0.865. The van der Waals surface area contributed by atoms with Crippen molar-refractivity contribution in [2.45, 2.75) is 37.6 Å². The van der Waals surface area contributed by atoms with Gasteiger partial charge in [0.1, 0.15) is 5.76 Å². The standard InChI is InChI=1S/C19H21N3O3/c1-13-2-3-16(25-13)18(24)22-10-6-19(7-11-22)15(12-17(23)21-19)14-4-8-20-9-5-14/h2-5,8-9,15H,6-7,10-12H2,1H3,(H,21,23)/t15-/m1/s1. The molecule has 0 aromatic carbocycles. The maximum absolute atomic E-state index is 12.6. The number of likely N-dealkylation sites (tertiary alicyclic amines) is 1. The van der Waals surface area contributed by atoms with Crippen molar-refractivity contribution >= 4 is 11.8 Å². The predicted molar refractivity (Wildman–Crippen MR) is 91.1 cm³/mol. The zero-order valence-corrected chi connectivity index (χ0v) is 14.2. The molecular formula is C19H21N3O3. The molecular weight excluding hydrogens is 318 g/mol. The molecule has 25 heavy (non-hydrogen) atoms. The van der Waals surface area contributed by atoms with E-state index in [-0.39, 0.29) is 23.3 Å². The van der Waals surface area contributed by atoms with E-state index in [2.05, 4.69) is 10.3 Å². The van der Waals surface area contributed by atoms with Gasteiger partial charge in [0.25, 0.3) is 5.91 Å². The Balaban J connectivity index is 1.51.